The first-order valence-electron chi connectivity index (χ1n) is 7.31. The fraction of sp³-hybridized carbons (Fsp3) is 0.733. The highest BCUT2D eigenvalue weighted by molar-refractivity contribution is 5.24. The molecule has 102 valence electrons. The minimum absolute atomic E-state index is 0.177. The van der Waals surface area contributed by atoms with Crippen LogP contribution in [0.25, 0.3) is 0 Å². The Balaban J connectivity index is 2.08. The molecule has 1 aliphatic heterocycles. The second-order valence-corrected chi connectivity index (χ2v) is 5.32. The lowest BCUT2D eigenvalue weighted by Gasteiger charge is -2.35. The highest BCUT2D eigenvalue weighted by atomic mass is 16.3. The Morgan fingerprint density at radius 2 is 2.06 bits per heavy atom. The van der Waals surface area contributed by atoms with Gasteiger partial charge in [-0.2, -0.15) is 0 Å². The van der Waals surface area contributed by atoms with Crippen LogP contribution in [0.4, 0.5) is 0 Å². The van der Waals surface area contributed by atoms with Crippen molar-refractivity contribution >= 4 is 0 Å². The lowest BCUT2D eigenvalue weighted by Crippen LogP contribution is -2.41. The van der Waals surface area contributed by atoms with Gasteiger partial charge in [0.25, 0.3) is 0 Å². The number of rotatable bonds is 6. The van der Waals surface area contributed by atoms with E-state index in [0.29, 0.717) is 6.04 Å². The summed E-state index contributed by atoms with van der Waals surface area (Å²) in [6, 6.07) is 2.74. The van der Waals surface area contributed by atoms with E-state index in [4.69, 9.17) is 0 Å². The summed E-state index contributed by atoms with van der Waals surface area (Å²) in [5.74, 6) is 0. The molecule has 1 aromatic heterocycles. The third-order valence-corrected chi connectivity index (χ3v) is 4.01. The summed E-state index contributed by atoms with van der Waals surface area (Å²) >= 11 is 0. The smallest absolute Gasteiger partial charge is 0.0699 e. The largest absolute Gasteiger partial charge is 0.392 e. The van der Waals surface area contributed by atoms with E-state index in [-0.39, 0.29) is 6.61 Å². The van der Waals surface area contributed by atoms with Crippen LogP contribution in [-0.2, 0) is 19.6 Å². The molecule has 2 heterocycles. The first-order chi connectivity index (χ1) is 8.80. The molecule has 18 heavy (non-hydrogen) atoms. The van der Waals surface area contributed by atoms with E-state index in [1.54, 1.807) is 0 Å². The SMILES string of the molecule is CCCN(CCC)[C@H]1CCn2ccc(CO)c2C1. The highest BCUT2D eigenvalue weighted by Crippen LogP contribution is 2.24. The minimum Gasteiger partial charge on any atom is -0.392 e. The Kier molecular flexibility index (Phi) is 4.84. The van der Waals surface area contributed by atoms with Crippen LogP contribution in [0.3, 0.4) is 0 Å². The van der Waals surface area contributed by atoms with Crippen molar-refractivity contribution < 1.29 is 5.11 Å². The molecule has 0 saturated carbocycles. The number of hydrogen-bond donors (Lipinski definition) is 1. The van der Waals surface area contributed by atoms with E-state index in [0.717, 1.165) is 18.5 Å². The standard InChI is InChI=1S/C15H26N2O/c1-3-7-16(8-4-2)14-6-10-17-9-5-13(12-18)15(17)11-14/h5,9,14,18H,3-4,6-8,10-12H2,1-2H3/t14-/m0/s1. The predicted octanol–water partition coefficient (Wildman–Crippen LogP) is 2.42. The van der Waals surface area contributed by atoms with Crippen molar-refractivity contribution in [2.45, 2.75) is 58.7 Å². The van der Waals surface area contributed by atoms with Gasteiger partial charge in [0.2, 0.25) is 0 Å². The number of aliphatic hydroxyl groups excluding tert-OH is 1. The molecule has 0 fully saturated rings. The third-order valence-electron chi connectivity index (χ3n) is 4.01. The van der Waals surface area contributed by atoms with Crippen molar-refractivity contribution in [2.75, 3.05) is 13.1 Å². The van der Waals surface area contributed by atoms with Crippen LogP contribution in [-0.4, -0.2) is 33.7 Å². The van der Waals surface area contributed by atoms with Gasteiger partial charge >= 0.3 is 0 Å². The molecular formula is C15H26N2O. The van der Waals surface area contributed by atoms with Crippen LogP contribution >= 0.6 is 0 Å². The Morgan fingerprint density at radius 1 is 1.33 bits per heavy atom. The molecule has 0 unspecified atom stereocenters. The lowest BCUT2D eigenvalue weighted by molar-refractivity contribution is 0.166. The monoisotopic (exact) mass is 250 g/mol. The van der Waals surface area contributed by atoms with Crippen LogP contribution in [0, 0.1) is 0 Å². The molecule has 0 aromatic carbocycles. The number of aliphatic hydroxyl groups is 1. The van der Waals surface area contributed by atoms with Gasteiger partial charge in [-0.1, -0.05) is 13.8 Å². The molecule has 1 atom stereocenters. The zero-order valence-corrected chi connectivity index (χ0v) is 11.7. The predicted molar refractivity (Wildman–Crippen MR) is 74.6 cm³/mol. The van der Waals surface area contributed by atoms with Gasteiger partial charge in [0.15, 0.2) is 0 Å². The maximum absolute atomic E-state index is 9.39. The molecule has 1 aliphatic rings. The molecule has 3 heteroatoms. The minimum atomic E-state index is 0.177. The molecule has 0 spiro atoms. The van der Waals surface area contributed by atoms with Crippen LogP contribution in [0.2, 0.25) is 0 Å². The molecule has 3 nitrogen and oxygen atoms in total. The van der Waals surface area contributed by atoms with Gasteiger partial charge < -0.3 is 9.67 Å². The van der Waals surface area contributed by atoms with Gasteiger partial charge in [-0.25, -0.2) is 0 Å². The Bertz CT molecular complexity index is 353. The number of aromatic nitrogens is 1. The molecule has 1 N–H and O–H groups in total. The van der Waals surface area contributed by atoms with Crippen molar-refractivity contribution in [1.82, 2.24) is 9.47 Å². The quantitative estimate of drug-likeness (QED) is 0.840. The van der Waals surface area contributed by atoms with Gasteiger partial charge in [0, 0.05) is 30.9 Å². The first-order valence-corrected chi connectivity index (χ1v) is 7.31. The summed E-state index contributed by atoms with van der Waals surface area (Å²) in [5, 5.41) is 9.39. The molecule has 0 radical (unpaired) electrons. The summed E-state index contributed by atoms with van der Waals surface area (Å²) in [6.07, 6.45) is 6.92. The Labute approximate surface area is 110 Å². The van der Waals surface area contributed by atoms with Crippen molar-refractivity contribution in [3.8, 4) is 0 Å². The van der Waals surface area contributed by atoms with E-state index < -0.39 is 0 Å². The fourth-order valence-electron chi connectivity index (χ4n) is 3.13. The van der Waals surface area contributed by atoms with Gasteiger partial charge in [-0.3, -0.25) is 4.90 Å². The van der Waals surface area contributed by atoms with E-state index in [2.05, 4.69) is 35.6 Å². The van der Waals surface area contributed by atoms with E-state index in [9.17, 15) is 5.11 Å². The number of aryl methyl sites for hydroxylation is 1. The maximum Gasteiger partial charge on any atom is 0.0699 e. The van der Waals surface area contributed by atoms with Gasteiger partial charge in [-0.15, -0.1) is 0 Å². The molecule has 1 aromatic rings. The molecule has 0 bridgehead atoms. The summed E-state index contributed by atoms with van der Waals surface area (Å²) in [6.45, 7) is 8.20. The topological polar surface area (TPSA) is 28.4 Å². The zero-order chi connectivity index (χ0) is 13.0. The maximum atomic E-state index is 9.39. The van der Waals surface area contributed by atoms with Crippen molar-refractivity contribution in [2.24, 2.45) is 0 Å². The van der Waals surface area contributed by atoms with Crippen molar-refractivity contribution in [3.05, 3.63) is 23.5 Å². The summed E-state index contributed by atoms with van der Waals surface area (Å²) in [7, 11) is 0. The van der Waals surface area contributed by atoms with Crippen LogP contribution in [0.15, 0.2) is 12.3 Å². The first kappa shape index (κ1) is 13.6. The highest BCUT2D eigenvalue weighted by Gasteiger charge is 2.24. The summed E-state index contributed by atoms with van der Waals surface area (Å²) < 4.78 is 2.32. The third kappa shape index (κ3) is 2.78. The second kappa shape index (κ2) is 6.39. The summed E-state index contributed by atoms with van der Waals surface area (Å²) in [4.78, 5) is 2.64. The van der Waals surface area contributed by atoms with Crippen LogP contribution in [0.1, 0.15) is 44.4 Å². The molecule has 0 saturated heterocycles. The number of nitrogens with zero attached hydrogens (tertiary/aromatic N) is 2. The summed E-state index contributed by atoms with van der Waals surface area (Å²) in [5.41, 5.74) is 2.47. The average molecular weight is 250 g/mol. The van der Waals surface area contributed by atoms with E-state index in [1.165, 1.54) is 38.0 Å². The van der Waals surface area contributed by atoms with E-state index >= 15 is 0 Å². The van der Waals surface area contributed by atoms with Crippen molar-refractivity contribution in [3.63, 3.8) is 0 Å². The van der Waals surface area contributed by atoms with Gasteiger partial charge in [0.1, 0.15) is 0 Å². The van der Waals surface area contributed by atoms with Gasteiger partial charge in [0.05, 0.1) is 6.61 Å². The zero-order valence-electron chi connectivity index (χ0n) is 11.7. The average Bonchev–Trinajstić information content (AvgIpc) is 2.80. The van der Waals surface area contributed by atoms with Crippen LogP contribution in [0.5, 0.6) is 0 Å². The van der Waals surface area contributed by atoms with Gasteiger partial charge in [-0.05, 0) is 44.0 Å². The molecular weight excluding hydrogens is 224 g/mol. The lowest BCUT2D eigenvalue weighted by atomic mass is 9.99. The van der Waals surface area contributed by atoms with Crippen molar-refractivity contribution in [1.29, 1.82) is 0 Å². The fourth-order valence-corrected chi connectivity index (χ4v) is 3.13. The van der Waals surface area contributed by atoms with E-state index in [1.807, 2.05) is 0 Å². The number of hydrogen-bond acceptors (Lipinski definition) is 2. The normalized spacial score (nSPS) is 19.2. The molecule has 0 aliphatic carbocycles. The van der Waals surface area contributed by atoms with Crippen LogP contribution < -0.4 is 0 Å². The molecule has 0 amide bonds. The number of fused-ring (bicyclic) bond motifs is 1. The second-order valence-electron chi connectivity index (χ2n) is 5.32. The Hall–Kier alpha value is -0.800. The molecule has 2 rings (SSSR count). The Morgan fingerprint density at radius 3 is 2.67 bits per heavy atom.